The Morgan fingerprint density at radius 3 is 2.76 bits per heavy atom. The number of carbonyl (C=O) groups is 1. The van der Waals surface area contributed by atoms with Gasteiger partial charge < -0.3 is 10.4 Å². The van der Waals surface area contributed by atoms with Crippen LogP contribution in [0.2, 0.25) is 0 Å². The molecule has 0 atom stereocenters. The molecule has 2 aromatic rings. The number of rotatable bonds is 3. The predicted molar refractivity (Wildman–Crippen MR) is 64.0 cm³/mol. The van der Waals surface area contributed by atoms with Gasteiger partial charge in [0.15, 0.2) is 10.8 Å². The fraction of sp³-hybridized carbons (Fsp3) is 0.0909. The molecule has 88 valence electrons. The van der Waals surface area contributed by atoms with E-state index in [4.69, 9.17) is 5.11 Å². The molecule has 1 aromatic heterocycles. The van der Waals surface area contributed by atoms with Crippen molar-refractivity contribution in [3.8, 4) is 10.4 Å². The highest BCUT2D eigenvalue weighted by atomic mass is 32.1. The van der Waals surface area contributed by atoms with E-state index in [0.717, 1.165) is 11.3 Å². The molecular weight excluding hydrogens is 243 g/mol. The number of aromatic carboxylic acids is 1. The molecule has 0 unspecified atom stereocenters. The van der Waals surface area contributed by atoms with Gasteiger partial charge in [-0.3, -0.25) is 0 Å². The maximum atomic E-state index is 13.6. The van der Waals surface area contributed by atoms with Crippen LogP contribution in [0.4, 0.5) is 9.52 Å². The van der Waals surface area contributed by atoms with Crippen molar-refractivity contribution in [2.24, 2.45) is 0 Å². The first-order valence-electron chi connectivity index (χ1n) is 4.80. The van der Waals surface area contributed by atoms with Crippen molar-refractivity contribution < 1.29 is 14.3 Å². The minimum atomic E-state index is -1.17. The second kappa shape index (κ2) is 4.50. The molecule has 6 heteroatoms. The second-order valence-electron chi connectivity index (χ2n) is 3.23. The molecule has 0 bridgehead atoms. The number of thiazole rings is 1. The number of anilines is 1. The molecule has 0 saturated heterocycles. The minimum absolute atomic E-state index is 0.135. The lowest BCUT2D eigenvalue weighted by molar-refractivity contribution is 0.0692. The average Bonchev–Trinajstić information content (AvgIpc) is 2.73. The summed E-state index contributed by atoms with van der Waals surface area (Å²) in [6.45, 7) is 0. The van der Waals surface area contributed by atoms with Crippen LogP contribution in [-0.4, -0.2) is 23.1 Å². The molecule has 0 aliphatic carbocycles. The zero-order chi connectivity index (χ0) is 12.4. The highest BCUT2D eigenvalue weighted by molar-refractivity contribution is 7.19. The first kappa shape index (κ1) is 11.5. The molecular formula is C11H9FN2O2S. The van der Waals surface area contributed by atoms with Crippen LogP contribution in [0.25, 0.3) is 10.4 Å². The van der Waals surface area contributed by atoms with E-state index < -0.39 is 11.8 Å². The van der Waals surface area contributed by atoms with Gasteiger partial charge in [-0.15, -0.1) is 0 Å². The lowest BCUT2D eigenvalue weighted by Gasteiger charge is -1.99. The highest BCUT2D eigenvalue weighted by Crippen LogP contribution is 2.34. The van der Waals surface area contributed by atoms with Crippen LogP contribution in [0.5, 0.6) is 0 Å². The molecule has 1 heterocycles. The number of aromatic nitrogens is 1. The molecule has 0 amide bonds. The van der Waals surface area contributed by atoms with Crippen molar-refractivity contribution in [3.05, 3.63) is 35.8 Å². The van der Waals surface area contributed by atoms with Gasteiger partial charge in [0.1, 0.15) is 5.82 Å². The van der Waals surface area contributed by atoms with Crippen LogP contribution < -0.4 is 5.32 Å². The van der Waals surface area contributed by atoms with Crippen LogP contribution in [0.3, 0.4) is 0 Å². The first-order valence-corrected chi connectivity index (χ1v) is 5.62. The van der Waals surface area contributed by atoms with Crippen LogP contribution in [0, 0.1) is 5.82 Å². The third-order valence-corrected chi connectivity index (χ3v) is 3.27. The lowest BCUT2D eigenvalue weighted by Crippen LogP contribution is -2.00. The quantitative estimate of drug-likeness (QED) is 0.881. The molecule has 1 aromatic carbocycles. The molecule has 2 N–H and O–H groups in total. The van der Waals surface area contributed by atoms with Crippen LogP contribution in [0.1, 0.15) is 10.5 Å². The Labute approximate surface area is 101 Å². The lowest BCUT2D eigenvalue weighted by atomic mass is 10.1. The number of halogens is 1. The van der Waals surface area contributed by atoms with Gasteiger partial charge in [-0.05, 0) is 6.07 Å². The molecule has 2 rings (SSSR count). The second-order valence-corrected chi connectivity index (χ2v) is 4.23. The minimum Gasteiger partial charge on any atom is -0.476 e. The number of nitrogens with zero attached hydrogens (tertiary/aromatic N) is 1. The Morgan fingerprint density at radius 1 is 1.47 bits per heavy atom. The Balaban J connectivity index is 2.62. The van der Waals surface area contributed by atoms with E-state index in [1.807, 2.05) is 0 Å². The molecule has 0 fully saturated rings. The van der Waals surface area contributed by atoms with E-state index in [2.05, 4.69) is 10.3 Å². The van der Waals surface area contributed by atoms with Gasteiger partial charge in [-0.25, -0.2) is 14.2 Å². The summed E-state index contributed by atoms with van der Waals surface area (Å²) < 4.78 is 13.6. The number of nitrogens with one attached hydrogen (secondary N) is 1. The van der Waals surface area contributed by atoms with E-state index in [-0.39, 0.29) is 11.3 Å². The van der Waals surface area contributed by atoms with Gasteiger partial charge in [-0.1, -0.05) is 29.5 Å². The summed E-state index contributed by atoms with van der Waals surface area (Å²) in [5.74, 6) is -1.62. The summed E-state index contributed by atoms with van der Waals surface area (Å²) in [6.07, 6.45) is 0. The molecule has 0 saturated carbocycles. The Morgan fingerprint density at radius 2 is 2.18 bits per heavy atom. The molecule has 17 heavy (non-hydrogen) atoms. The molecule has 0 spiro atoms. The molecule has 4 nitrogen and oxygen atoms in total. The fourth-order valence-corrected chi connectivity index (χ4v) is 2.34. The number of benzene rings is 1. The standard InChI is InChI=1S/C11H9FN2O2S/c1-13-11-14-8(10(15)16)9(17-11)6-4-2-3-5-7(6)12/h2-5H,1H3,(H,13,14)(H,15,16). The third kappa shape index (κ3) is 2.12. The Hall–Kier alpha value is -1.95. The monoisotopic (exact) mass is 252 g/mol. The zero-order valence-electron chi connectivity index (χ0n) is 8.90. The van der Waals surface area contributed by atoms with Crippen molar-refractivity contribution >= 4 is 22.4 Å². The van der Waals surface area contributed by atoms with Crippen LogP contribution in [-0.2, 0) is 0 Å². The van der Waals surface area contributed by atoms with Gasteiger partial charge in [0, 0.05) is 12.6 Å². The number of hydrogen-bond donors (Lipinski definition) is 2. The van der Waals surface area contributed by atoms with Crippen LogP contribution in [0.15, 0.2) is 24.3 Å². The van der Waals surface area contributed by atoms with Crippen molar-refractivity contribution in [1.29, 1.82) is 0 Å². The highest BCUT2D eigenvalue weighted by Gasteiger charge is 2.20. The Kier molecular flexibility index (Phi) is 3.06. The number of carboxylic acids is 1. The maximum Gasteiger partial charge on any atom is 0.356 e. The van der Waals surface area contributed by atoms with Crippen molar-refractivity contribution in [3.63, 3.8) is 0 Å². The summed E-state index contributed by atoms with van der Waals surface area (Å²) in [5, 5.41) is 12.2. The molecule has 0 aliphatic rings. The SMILES string of the molecule is CNc1nc(C(=O)O)c(-c2ccccc2F)s1. The largest absolute Gasteiger partial charge is 0.476 e. The predicted octanol–water partition coefficient (Wildman–Crippen LogP) is 2.69. The fourth-order valence-electron chi connectivity index (χ4n) is 1.40. The van der Waals surface area contributed by atoms with E-state index >= 15 is 0 Å². The Bertz CT molecular complexity index is 568. The topological polar surface area (TPSA) is 62.2 Å². The number of carboxylic acid groups (broad SMARTS) is 1. The van der Waals surface area contributed by atoms with E-state index in [1.54, 1.807) is 19.2 Å². The van der Waals surface area contributed by atoms with E-state index in [0.29, 0.717) is 10.0 Å². The average molecular weight is 252 g/mol. The van der Waals surface area contributed by atoms with Gasteiger partial charge in [0.25, 0.3) is 0 Å². The summed E-state index contributed by atoms with van der Waals surface area (Å²) in [4.78, 5) is 15.2. The summed E-state index contributed by atoms with van der Waals surface area (Å²) in [7, 11) is 1.63. The van der Waals surface area contributed by atoms with Crippen LogP contribution >= 0.6 is 11.3 Å². The van der Waals surface area contributed by atoms with Gasteiger partial charge in [0.2, 0.25) is 0 Å². The number of hydrogen-bond acceptors (Lipinski definition) is 4. The van der Waals surface area contributed by atoms with Crippen molar-refractivity contribution in [1.82, 2.24) is 4.98 Å². The van der Waals surface area contributed by atoms with Crippen molar-refractivity contribution in [2.45, 2.75) is 0 Å². The van der Waals surface area contributed by atoms with E-state index in [1.165, 1.54) is 12.1 Å². The van der Waals surface area contributed by atoms with Gasteiger partial charge >= 0.3 is 5.97 Å². The molecule has 0 radical (unpaired) electrons. The first-order chi connectivity index (χ1) is 8.13. The smallest absolute Gasteiger partial charge is 0.356 e. The molecule has 0 aliphatic heterocycles. The third-order valence-electron chi connectivity index (χ3n) is 2.16. The van der Waals surface area contributed by atoms with Crippen molar-refractivity contribution in [2.75, 3.05) is 12.4 Å². The van der Waals surface area contributed by atoms with Gasteiger partial charge in [-0.2, -0.15) is 0 Å². The van der Waals surface area contributed by atoms with E-state index in [9.17, 15) is 9.18 Å². The van der Waals surface area contributed by atoms with Gasteiger partial charge in [0.05, 0.1) is 4.88 Å². The normalized spacial score (nSPS) is 10.2. The summed E-state index contributed by atoms with van der Waals surface area (Å²) >= 11 is 1.11. The maximum absolute atomic E-state index is 13.6. The summed E-state index contributed by atoms with van der Waals surface area (Å²) in [5.41, 5.74) is 0.119. The summed E-state index contributed by atoms with van der Waals surface area (Å²) in [6, 6.07) is 6.04. The zero-order valence-corrected chi connectivity index (χ0v) is 9.71.